The van der Waals surface area contributed by atoms with Crippen LogP contribution in [0.5, 0.6) is 5.88 Å². The van der Waals surface area contributed by atoms with Gasteiger partial charge in [-0.3, -0.25) is 0 Å². The Labute approximate surface area is 210 Å². The number of rotatable bonds is 6. The Kier molecular flexibility index (Phi) is 7.18. The van der Waals surface area contributed by atoms with Crippen molar-refractivity contribution in [3.05, 3.63) is 93.7 Å². The lowest BCUT2D eigenvalue weighted by atomic mass is 9.95. The molecule has 4 nitrogen and oxygen atoms in total. The van der Waals surface area contributed by atoms with Crippen molar-refractivity contribution in [1.29, 1.82) is 0 Å². The summed E-state index contributed by atoms with van der Waals surface area (Å²) in [7, 11) is 0. The number of carbonyl (C=O) groups is 1. The number of alkyl halides is 6. The number of carbonyl (C=O) groups excluding carboxylic acids is 1. The molecule has 1 aliphatic carbocycles. The normalized spacial score (nSPS) is 14.2. The third kappa shape index (κ3) is 5.63. The third-order valence-corrected chi connectivity index (χ3v) is 6.00. The number of aromatic carboxylic acids is 1. The Bertz CT molecular complexity index is 1430. The highest BCUT2D eigenvalue weighted by atomic mass is 19.4. The van der Waals surface area contributed by atoms with Gasteiger partial charge < -0.3 is 14.6 Å². The molecule has 3 aromatic rings. The molecule has 0 N–H and O–H groups in total. The highest BCUT2D eigenvalue weighted by molar-refractivity contribution is 5.96. The van der Waals surface area contributed by atoms with Crippen LogP contribution in [0.3, 0.4) is 0 Å². The summed E-state index contributed by atoms with van der Waals surface area (Å²) in [6.07, 6.45) is -8.03. The Balaban J connectivity index is 1.76. The SMILES string of the molecule is O=C([O-])c1cc(C2=C(c3cc(C(F)(F)F)cnc3OCc3ccc(C(F)(F)F)cc3F)CCC2)ccc1F. The van der Waals surface area contributed by atoms with E-state index in [9.17, 15) is 45.0 Å². The molecule has 0 bridgehead atoms. The summed E-state index contributed by atoms with van der Waals surface area (Å²) < 4.78 is 113. The van der Waals surface area contributed by atoms with E-state index < -0.39 is 53.3 Å². The fourth-order valence-corrected chi connectivity index (χ4v) is 4.15. The number of carboxylic acid groups (broad SMARTS) is 1. The van der Waals surface area contributed by atoms with Crippen molar-refractivity contribution in [1.82, 2.24) is 4.98 Å². The van der Waals surface area contributed by atoms with Crippen molar-refractivity contribution in [3.8, 4) is 5.88 Å². The van der Waals surface area contributed by atoms with E-state index in [-0.39, 0.29) is 35.1 Å². The standard InChI is InChI=1S/C26H17F8NO3/c27-21-7-5-13(8-20(21)24(36)37)17-2-1-3-18(17)19-9-16(26(32,33)34)11-35-23(19)38-12-14-4-6-15(10-22(14)28)25(29,30)31/h4-11H,1-3,12H2,(H,36,37)/p-1. The van der Waals surface area contributed by atoms with Gasteiger partial charge >= 0.3 is 12.4 Å². The summed E-state index contributed by atoms with van der Waals surface area (Å²) in [5, 5.41) is 11.3. The second-order valence-electron chi connectivity index (χ2n) is 8.46. The molecule has 0 saturated heterocycles. The molecule has 0 fully saturated rings. The van der Waals surface area contributed by atoms with Gasteiger partial charge in [-0.05, 0) is 66.3 Å². The molecule has 0 saturated carbocycles. The van der Waals surface area contributed by atoms with E-state index >= 15 is 0 Å². The Morgan fingerprint density at radius 2 is 1.55 bits per heavy atom. The van der Waals surface area contributed by atoms with Crippen molar-refractivity contribution >= 4 is 17.1 Å². The predicted octanol–water partition coefficient (Wildman–Crippen LogP) is 6.43. The lowest BCUT2D eigenvalue weighted by molar-refractivity contribution is -0.255. The minimum absolute atomic E-state index is 0.112. The fraction of sp³-hybridized carbons (Fsp3) is 0.231. The van der Waals surface area contributed by atoms with Crippen LogP contribution in [-0.2, 0) is 19.0 Å². The number of aromatic nitrogens is 1. The van der Waals surface area contributed by atoms with Gasteiger partial charge in [0.1, 0.15) is 18.2 Å². The number of halogens is 8. The number of ether oxygens (including phenoxy) is 1. The van der Waals surface area contributed by atoms with Crippen molar-refractivity contribution < 1.29 is 49.8 Å². The van der Waals surface area contributed by atoms with E-state index in [4.69, 9.17) is 4.74 Å². The van der Waals surface area contributed by atoms with E-state index in [1.54, 1.807) is 0 Å². The second kappa shape index (κ2) is 10.1. The molecular formula is C26H16F8NO3-. The van der Waals surface area contributed by atoms with Crippen LogP contribution < -0.4 is 9.84 Å². The summed E-state index contributed by atoms with van der Waals surface area (Å²) in [5.41, 5.74) is -2.46. The molecule has 4 rings (SSSR count). The van der Waals surface area contributed by atoms with E-state index in [2.05, 4.69) is 4.98 Å². The highest BCUT2D eigenvalue weighted by Crippen LogP contribution is 2.44. The molecule has 0 amide bonds. The summed E-state index contributed by atoms with van der Waals surface area (Å²) in [4.78, 5) is 15.0. The number of carboxylic acids is 1. The fourth-order valence-electron chi connectivity index (χ4n) is 4.15. The minimum Gasteiger partial charge on any atom is -0.545 e. The molecule has 1 heterocycles. The first-order valence-corrected chi connectivity index (χ1v) is 11.0. The molecule has 38 heavy (non-hydrogen) atoms. The maximum absolute atomic E-state index is 14.3. The molecule has 2 aromatic carbocycles. The van der Waals surface area contributed by atoms with Gasteiger partial charge in [-0.2, -0.15) is 26.3 Å². The predicted molar refractivity (Wildman–Crippen MR) is 116 cm³/mol. The van der Waals surface area contributed by atoms with Gasteiger partial charge in [0, 0.05) is 22.9 Å². The molecule has 0 atom stereocenters. The quantitative estimate of drug-likeness (QED) is 0.337. The number of allylic oxidation sites excluding steroid dienone is 2. The summed E-state index contributed by atoms with van der Waals surface area (Å²) in [6.45, 7) is -0.636. The van der Waals surface area contributed by atoms with Crippen LogP contribution in [-0.4, -0.2) is 11.0 Å². The first kappa shape index (κ1) is 27.1. The molecule has 0 unspecified atom stereocenters. The average molecular weight is 542 g/mol. The van der Waals surface area contributed by atoms with E-state index in [0.717, 1.165) is 24.3 Å². The maximum Gasteiger partial charge on any atom is 0.417 e. The topological polar surface area (TPSA) is 62.2 Å². The molecule has 0 spiro atoms. The summed E-state index contributed by atoms with van der Waals surface area (Å²) in [6, 6.07) is 5.74. The molecule has 12 heteroatoms. The van der Waals surface area contributed by atoms with Crippen molar-refractivity contribution in [2.24, 2.45) is 0 Å². The van der Waals surface area contributed by atoms with Crippen LogP contribution in [0.15, 0.2) is 48.7 Å². The van der Waals surface area contributed by atoms with E-state index in [1.807, 2.05) is 0 Å². The highest BCUT2D eigenvalue weighted by Gasteiger charge is 2.34. The zero-order valence-electron chi connectivity index (χ0n) is 19.1. The second-order valence-corrected chi connectivity index (χ2v) is 8.46. The number of benzene rings is 2. The third-order valence-electron chi connectivity index (χ3n) is 6.00. The maximum atomic E-state index is 14.3. The smallest absolute Gasteiger partial charge is 0.417 e. The zero-order valence-corrected chi connectivity index (χ0v) is 19.1. The summed E-state index contributed by atoms with van der Waals surface area (Å²) >= 11 is 0. The molecule has 200 valence electrons. The number of nitrogens with zero attached hydrogens (tertiary/aromatic N) is 1. The monoisotopic (exact) mass is 542 g/mol. The molecule has 1 aromatic heterocycles. The van der Waals surface area contributed by atoms with Gasteiger partial charge in [0.2, 0.25) is 5.88 Å². The number of hydrogen-bond donors (Lipinski definition) is 0. The van der Waals surface area contributed by atoms with E-state index in [0.29, 0.717) is 36.3 Å². The Morgan fingerprint density at radius 3 is 2.18 bits per heavy atom. The van der Waals surface area contributed by atoms with Crippen molar-refractivity contribution in [2.45, 2.75) is 38.2 Å². The van der Waals surface area contributed by atoms with E-state index in [1.165, 1.54) is 6.07 Å². The first-order valence-electron chi connectivity index (χ1n) is 11.0. The summed E-state index contributed by atoms with van der Waals surface area (Å²) in [5.74, 6) is -4.38. The molecule has 0 aliphatic heterocycles. The molecular weight excluding hydrogens is 526 g/mol. The van der Waals surface area contributed by atoms with Crippen LogP contribution in [0.1, 0.15) is 57.4 Å². The van der Waals surface area contributed by atoms with Gasteiger partial charge in [0.05, 0.1) is 17.1 Å². The van der Waals surface area contributed by atoms with Gasteiger partial charge in [-0.25, -0.2) is 13.8 Å². The van der Waals surface area contributed by atoms with Crippen molar-refractivity contribution in [2.75, 3.05) is 0 Å². The van der Waals surface area contributed by atoms with Crippen LogP contribution in [0.2, 0.25) is 0 Å². The largest absolute Gasteiger partial charge is 0.545 e. The average Bonchev–Trinajstić information content (AvgIpc) is 3.32. The molecule has 1 aliphatic rings. The van der Waals surface area contributed by atoms with Gasteiger partial charge in [-0.15, -0.1) is 0 Å². The van der Waals surface area contributed by atoms with Crippen molar-refractivity contribution in [3.63, 3.8) is 0 Å². The number of pyridine rings is 1. The minimum atomic E-state index is -4.78. The lowest BCUT2D eigenvalue weighted by Crippen LogP contribution is -2.23. The van der Waals surface area contributed by atoms with Gasteiger partial charge in [-0.1, -0.05) is 12.1 Å². The van der Waals surface area contributed by atoms with Crippen LogP contribution >= 0.6 is 0 Å². The zero-order chi connectivity index (χ0) is 27.8. The Hall–Kier alpha value is -3.96. The number of hydrogen-bond acceptors (Lipinski definition) is 4. The Morgan fingerprint density at radius 1 is 0.868 bits per heavy atom. The van der Waals surface area contributed by atoms with Crippen LogP contribution in [0.4, 0.5) is 35.1 Å². The van der Waals surface area contributed by atoms with Crippen LogP contribution in [0.25, 0.3) is 11.1 Å². The first-order chi connectivity index (χ1) is 17.8. The lowest BCUT2D eigenvalue weighted by Gasteiger charge is -2.17. The van der Waals surface area contributed by atoms with Crippen LogP contribution in [0, 0.1) is 11.6 Å². The van der Waals surface area contributed by atoms with Gasteiger partial charge in [0.25, 0.3) is 0 Å². The van der Waals surface area contributed by atoms with Gasteiger partial charge in [0.15, 0.2) is 0 Å². The molecule has 0 radical (unpaired) electrons.